The van der Waals surface area contributed by atoms with Crippen molar-refractivity contribution < 1.29 is 9.53 Å². The molecule has 0 radical (unpaired) electrons. The number of ether oxygens (including phenoxy) is 1. The predicted molar refractivity (Wildman–Crippen MR) is 165 cm³/mol. The molecular formula is C33H35N7O2. The number of nitrogens with zero attached hydrogens (tertiary/aromatic N) is 5. The van der Waals surface area contributed by atoms with Crippen molar-refractivity contribution in [1.29, 1.82) is 0 Å². The molecule has 0 aliphatic carbocycles. The molecule has 6 rings (SSSR count). The van der Waals surface area contributed by atoms with Crippen LogP contribution < -0.4 is 10.6 Å². The lowest BCUT2D eigenvalue weighted by molar-refractivity contribution is 0.0708. The van der Waals surface area contributed by atoms with E-state index in [1.807, 2.05) is 82.3 Å². The fourth-order valence-corrected chi connectivity index (χ4v) is 5.37. The van der Waals surface area contributed by atoms with Crippen LogP contribution in [0.2, 0.25) is 0 Å². The molecule has 1 unspecified atom stereocenters. The Labute approximate surface area is 245 Å². The number of hydrogen-bond donors (Lipinski definition) is 2. The highest BCUT2D eigenvalue weighted by atomic mass is 16.6. The average Bonchev–Trinajstić information content (AvgIpc) is 3.47. The number of anilines is 2. The summed E-state index contributed by atoms with van der Waals surface area (Å²) in [7, 11) is 0. The van der Waals surface area contributed by atoms with Gasteiger partial charge in [0.1, 0.15) is 18.8 Å². The summed E-state index contributed by atoms with van der Waals surface area (Å²) in [6.07, 6.45) is 6.32. The topological polar surface area (TPSA) is 97.2 Å². The number of carbonyl (C=O) groups is 1. The van der Waals surface area contributed by atoms with Crippen LogP contribution in [-0.4, -0.2) is 49.6 Å². The number of nitrogens with one attached hydrogen (secondary N) is 2. The molecule has 42 heavy (non-hydrogen) atoms. The van der Waals surface area contributed by atoms with Gasteiger partial charge in [0.2, 0.25) is 5.95 Å². The highest BCUT2D eigenvalue weighted by molar-refractivity contribution is 5.81. The zero-order valence-electron chi connectivity index (χ0n) is 23.7. The molecule has 2 aromatic heterocycles. The van der Waals surface area contributed by atoms with Gasteiger partial charge in [-0.2, -0.15) is 4.98 Å². The fraction of sp³-hybridized carbons (Fsp3) is 0.273. The van der Waals surface area contributed by atoms with Crippen molar-refractivity contribution in [3.05, 3.63) is 109 Å². The summed E-state index contributed by atoms with van der Waals surface area (Å²) in [5.74, 6) is 1.30. The Morgan fingerprint density at radius 3 is 2.64 bits per heavy atom. The van der Waals surface area contributed by atoms with Crippen LogP contribution in [0.1, 0.15) is 43.4 Å². The maximum absolute atomic E-state index is 12.9. The highest BCUT2D eigenvalue weighted by Crippen LogP contribution is 2.24. The Morgan fingerprint density at radius 1 is 1.00 bits per heavy atom. The Morgan fingerprint density at radius 2 is 1.81 bits per heavy atom. The number of piperidine rings is 1. The van der Waals surface area contributed by atoms with Crippen molar-refractivity contribution in [2.45, 2.75) is 44.9 Å². The van der Waals surface area contributed by atoms with E-state index >= 15 is 0 Å². The number of hydrogen-bond acceptors (Lipinski definition) is 7. The standard InChI is InChI=1S/C33H35N7O2/c1-24(26-12-6-3-7-13-26)37-32-34-18-17-31(38-32)40-23-36-29-20-27(15-16-30(29)40)35-21-28-14-8-9-19-39(28)33(41)42-22-25-10-4-2-5-11-25/h2-7,10-13,15-18,20,23-24,28,35H,8-9,14,19,21-22H2,1H3,(H,34,37,38)/t24-,28?/m0/s1. The van der Waals surface area contributed by atoms with Crippen LogP contribution in [0.25, 0.3) is 16.9 Å². The van der Waals surface area contributed by atoms with Gasteiger partial charge < -0.3 is 20.3 Å². The van der Waals surface area contributed by atoms with Crippen molar-refractivity contribution in [2.24, 2.45) is 0 Å². The molecular weight excluding hydrogens is 526 g/mol. The number of amides is 1. The highest BCUT2D eigenvalue weighted by Gasteiger charge is 2.27. The van der Waals surface area contributed by atoms with E-state index in [4.69, 9.17) is 9.72 Å². The molecule has 214 valence electrons. The summed E-state index contributed by atoms with van der Waals surface area (Å²) >= 11 is 0. The first-order valence-electron chi connectivity index (χ1n) is 14.5. The summed E-state index contributed by atoms with van der Waals surface area (Å²) in [5.41, 5.74) is 4.91. The van der Waals surface area contributed by atoms with Crippen molar-refractivity contribution in [1.82, 2.24) is 24.4 Å². The van der Waals surface area contributed by atoms with Gasteiger partial charge in [-0.05, 0) is 61.6 Å². The smallest absolute Gasteiger partial charge is 0.410 e. The largest absolute Gasteiger partial charge is 0.445 e. The molecule has 2 N–H and O–H groups in total. The molecule has 3 aromatic carbocycles. The third-order valence-electron chi connectivity index (χ3n) is 7.69. The van der Waals surface area contributed by atoms with Gasteiger partial charge in [-0.3, -0.25) is 4.57 Å². The van der Waals surface area contributed by atoms with Crippen LogP contribution >= 0.6 is 0 Å². The third-order valence-corrected chi connectivity index (χ3v) is 7.69. The summed E-state index contributed by atoms with van der Waals surface area (Å²) in [6.45, 7) is 3.73. The number of likely N-dealkylation sites (tertiary alicyclic amines) is 1. The lowest BCUT2D eigenvalue weighted by Crippen LogP contribution is -2.47. The Bertz CT molecular complexity index is 1620. The van der Waals surface area contributed by atoms with E-state index in [9.17, 15) is 4.79 Å². The number of fused-ring (bicyclic) bond motifs is 1. The molecule has 9 heteroatoms. The van der Waals surface area contributed by atoms with Gasteiger partial charge >= 0.3 is 6.09 Å². The maximum Gasteiger partial charge on any atom is 0.410 e. The lowest BCUT2D eigenvalue weighted by Gasteiger charge is -2.35. The van der Waals surface area contributed by atoms with E-state index in [1.54, 1.807) is 12.5 Å². The summed E-state index contributed by atoms with van der Waals surface area (Å²) < 4.78 is 7.60. The Kier molecular flexibility index (Phi) is 8.26. The second-order valence-electron chi connectivity index (χ2n) is 10.6. The number of benzene rings is 3. The normalized spacial score (nSPS) is 15.7. The molecule has 1 saturated heterocycles. The number of imidazole rings is 1. The van der Waals surface area contributed by atoms with E-state index in [0.29, 0.717) is 19.0 Å². The molecule has 3 heterocycles. The van der Waals surface area contributed by atoms with Gasteiger partial charge in [0.25, 0.3) is 0 Å². The minimum absolute atomic E-state index is 0.0698. The number of rotatable bonds is 9. The van der Waals surface area contributed by atoms with E-state index in [1.165, 1.54) is 5.56 Å². The summed E-state index contributed by atoms with van der Waals surface area (Å²) in [6, 6.07) is 28.1. The fourth-order valence-electron chi connectivity index (χ4n) is 5.37. The molecule has 1 amide bonds. The summed E-state index contributed by atoms with van der Waals surface area (Å²) in [4.78, 5) is 28.6. The second kappa shape index (κ2) is 12.7. The van der Waals surface area contributed by atoms with Crippen LogP contribution in [0.15, 0.2) is 97.5 Å². The van der Waals surface area contributed by atoms with E-state index in [2.05, 4.69) is 39.7 Å². The zero-order valence-corrected chi connectivity index (χ0v) is 23.7. The molecule has 2 atom stereocenters. The zero-order chi connectivity index (χ0) is 28.7. The second-order valence-corrected chi connectivity index (χ2v) is 10.6. The Hall–Kier alpha value is -4.92. The molecule has 0 saturated carbocycles. The van der Waals surface area contributed by atoms with E-state index in [0.717, 1.165) is 47.4 Å². The first kappa shape index (κ1) is 27.3. The van der Waals surface area contributed by atoms with Crippen molar-refractivity contribution >= 4 is 28.8 Å². The lowest BCUT2D eigenvalue weighted by atomic mass is 10.0. The minimum atomic E-state index is -0.253. The maximum atomic E-state index is 12.9. The van der Waals surface area contributed by atoms with E-state index in [-0.39, 0.29) is 24.8 Å². The molecule has 1 fully saturated rings. The van der Waals surface area contributed by atoms with Gasteiger partial charge in [-0.25, -0.2) is 14.8 Å². The molecule has 9 nitrogen and oxygen atoms in total. The quantitative estimate of drug-likeness (QED) is 0.209. The molecule has 0 spiro atoms. The number of carbonyl (C=O) groups excluding carboxylic acids is 1. The first-order chi connectivity index (χ1) is 20.6. The third kappa shape index (κ3) is 6.35. The van der Waals surface area contributed by atoms with Gasteiger partial charge in [0.05, 0.1) is 23.1 Å². The number of aromatic nitrogens is 4. The van der Waals surface area contributed by atoms with Gasteiger partial charge in [-0.15, -0.1) is 0 Å². The van der Waals surface area contributed by atoms with Crippen molar-refractivity contribution in [3.63, 3.8) is 0 Å². The molecule has 1 aliphatic heterocycles. The monoisotopic (exact) mass is 561 g/mol. The first-order valence-corrected chi connectivity index (χ1v) is 14.5. The van der Waals surface area contributed by atoms with Crippen molar-refractivity contribution in [3.8, 4) is 5.82 Å². The predicted octanol–water partition coefficient (Wildman–Crippen LogP) is 6.59. The van der Waals surface area contributed by atoms with E-state index < -0.39 is 0 Å². The van der Waals surface area contributed by atoms with Crippen LogP contribution in [0, 0.1) is 0 Å². The molecule has 1 aliphatic rings. The molecule has 5 aromatic rings. The van der Waals surface area contributed by atoms with Gasteiger partial charge in [-0.1, -0.05) is 60.7 Å². The van der Waals surface area contributed by atoms with Crippen molar-refractivity contribution in [2.75, 3.05) is 23.7 Å². The average molecular weight is 562 g/mol. The SMILES string of the molecule is C[C@H](Nc1nccc(-n2cnc3cc(NCC4CCCCN4C(=O)OCc4ccccc4)ccc32)n1)c1ccccc1. The van der Waals surface area contributed by atoms with Crippen LogP contribution in [0.5, 0.6) is 0 Å². The Balaban J connectivity index is 1.10. The van der Waals surface area contributed by atoms with Gasteiger partial charge in [0.15, 0.2) is 0 Å². The van der Waals surface area contributed by atoms with Gasteiger partial charge in [0, 0.05) is 25.0 Å². The van der Waals surface area contributed by atoms with Crippen LogP contribution in [0.4, 0.5) is 16.4 Å². The minimum Gasteiger partial charge on any atom is -0.445 e. The molecule has 0 bridgehead atoms. The van der Waals surface area contributed by atoms with Crippen LogP contribution in [0.3, 0.4) is 0 Å². The van der Waals surface area contributed by atoms with Crippen LogP contribution in [-0.2, 0) is 11.3 Å². The summed E-state index contributed by atoms with van der Waals surface area (Å²) in [5, 5.41) is 6.92.